The van der Waals surface area contributed by atoms with Gasteiger partial charge < -0.3 is 15.8 Å². The second-order valence-corrected chi connectivity index (χ2v) is 5.79. The number of nitrogens with two attached hydrogens (primary N) is 1. The van der Waals surface area contributed by atoms with Crippen LogP contribution in [0.15, 0.2) is 12.1 Å². The molecule has 17 heavy (non-hydrogen) atoms. The zero-order chi connectivity index (χ0) is 13.0. The Kier molecular flexibility index (Phi) is 5.86. The monoisotopic (exact) mass is 476 g/mol. The lowest BCUT2D eigenvalue weighted by atomic mass is 10.2. The number of ether oxygens (including phenoxy) is 1. The molecule has 0 radical (unpaired) electrons. The SMILES string of the molecule is CCOC(=O)c1cc(I)c(NC(N)=S)c(I)c1. The van der Waals surface area contributed by atoms with Crippen molar-refractivity contribution in [2.45, 2.75) is 6.92 Å². The van der Waals surface area contributed by atoms with E-state index in [4.69, 9.17) is 22.7 Å². The van der Waals surface area contributed by atoms with Crippen molar-refractivity contribution >= 4 is 74.2 Å². The van der Waals surface area contributed by atoms with Gasteiger partial charge >= 0.3 is 5.97 Å². The van der Waals surface area contributed by atoms with Gasteiger partial charge in [-0.15, -0.1) is 0 Å². The molecule has 7 heteroatoms. The number of anilines is 1. The Hall–Kier alpha value is -0.160. The summed E-state index contributed by atoms with van der Waals surface area (Å²) in [6.45, 7) is 2.13. The molecule has 1 aromatic rings. The number of carbonyl (C=O) groups excluding carboxylic acids is 1. The Morgan fingerprint density at radius 2 is 2.00 bits per heavy atom. The van der Waals surface area contributed by atoms with E-state index >= 15 is 0 Å². The highest BCUT2D eigenvalue weighted by Crippen LogP contribution is 2.26. The molecule has 0 saturated carbocycles. The van der Waals surface area contributed by atoms with Gasteiger partial charge in [-0.3, -0.25) is 0 Å². The molecule has 0 spiro atoms. The summed E-state index contributed by atoms with van der Waals surface area (Å²) < 4.78 is 6.67. The van der Waals surface area contributed by atoms with E-state index in [9.17, 15) is 4.79 Å². The van der Waals surface area contributed by atoms with E-state index in [1.54, 1.807) is 19.1 Å². The maximum atomic E-state index is 11.6. The molecular formula is C10H10I2N2O2S. The van der Waals surface area contributed by atoms with Gasteiger partial charge in [0.1, 0.15) is 0 Å². The number of benzene rings is 1. The molecule has 3 N–H and O–H groups in total. The molecule has 1 aromatic carbocycles. The van der Waals surface area contributed by atoms with Gasteiger partial charge in [-0.2, -0.15) is 0 Å². The van der Waals surface area contributed by atoms with Crippen molar-refractivity contribution in [1.29, 1.82) is 0 Å². The van der Waals surface area contributed by atoms with Crippen LogP contribution in [0.1, 0.15) is 17.3 Å². The highest BCUT2D eigenvalue weighted by molar-refractivity contribution is 14.1. The van der Waals surface area contributed by atoms with Crippen LogP contribution in [0, 0.1) is 7.14 Å². The number of esters is 1. The Morgan fingerprint density at radius 3 is 2.41 bits per heavy atom. The van der Waals surface area contributed by atoms with Crippen LogP contribution in [0.3, 0.4) is 0 Å². The van der Waals surface area contributed by atoms with Crippen LogP contribution < -0.4 is 11.1 Å². The molecule has 0 amide bonds. The van der Waals surface area contributed by atoms with Crippen LogP contribution in [0.25, 0.3) is 0 Å². The van der Waals surface area contributed by atoms with Gasteiger partial charge in [0.25, 0.3) is 0 Å². The van der Waals surface area contributed by atoms with E-state index in [1.807, 2.05) is 0 Å². The minimum absolute atomic E-state index is 0.199. The number of hydrogen-bond donors (Lipinski definition) is 2. The maximum Gasteiger partial charge on any atom is 0.338 e. The predicted octanol–water partition coefficient (Wildman–Crippen LogP) is 2.73. The number of rotatable bonds is 3. The number of nitrogens with one attached hydrogen (secondary N) is 1. The van der Waals surface area contributed by atoms with Crippen LogP contribution in [-0.2, 0) is 4.74 Å². The molecule has 0 fully saturated rings. The highest BCUT2D eigenvalue weighted by atomic mass is 127. The van der Waals surface area contributed by atoms with E-state index in [-0.39, 0.29) is 11.1 Å². The molecule has 0 bridgehead atoms. The van der Waals surface area contributed by atoms with Gasteiger partial charge in [0.2, 0.25) is 0 Å². The average molecular weight is 476 g/mol. The molecule has 4 nitrogen and oxygen atoms in total. The summed E-state index contributed by atoms with van der Waals surface area (Å²) in [7, 11) is 0. The van der Waals surface area contributed by atoms with E-state index in [0.29, 0.717) is 12.2 Å². The van der Waals surface area contributed by atoms with Gasteiger partial charge in [0.15, 0.2) is 5.11 Å². The molecule has 92 valence electrons. The Labute approximate surface area is 132 Å². The third-order valence-corrected chi connectivity index (χ3v) is 3.61. The second-order valence-electron chi connectivity index (χ2n) is 3.02. The van der Waals surface area contributed by atoms with E-state index < -0.39 is 0 Å². The lowest BCUT2D eigenvalue weighted by Crippen LogP contribution is -2.20. The fraction of sp³-hybridized carbons (Fsp3) is 0.200. The van der Waals surface area contributed by atoms with Crippen LogP contribution in [0.4, 0.5) is 5.69 Å². The number of thiocarbonyl (C=S) groups is 1. The van der Waals surface area contributed by atoms with Crippen molar-refractivity contribution < 1.29 is 9.53 Å². The van der Waals surface area contributed by atoms with Crippen molar-refractivity contribution in [1.82, 2.24) is 0 Å². The molecule has 0 unspecified atom stereocenters. The summed E-state index contributed by atoms with van der Waals surface area (Å²) in [6, 6.07) is 3.47. The first kappa shape index (κ1) is 14.9. The lowest BCUT2D eigenvalue weighted by molar-refractivity contribution is 0.0526. The summed E-state index contributed by atoms with van der Waals surface area (Å²) >= 11 is 9.02. The zero-order valence-electron chi connectivity index (χ0n) is 8.92. The summed E-state index contributed by atoms with van der Waals surface area (Å²) in [6.07, 6.45) is 0. The molecule has 0 aliphatic rings. The molecule has 0 atom stereocenters. The molecule has 0 saturated heterocycles. The van der Waals surface area contributed by atoms with E-state index in [2.05, 4.69) is 50.5 Å². The molecular weight excluding hydrogens is 466 g/mol. The first-order valence-electron chi connectivity index (χ1n) is 4.68. The van der Waals surface area contributed by atoms with Crippen molar-refractivity contribution in [2.75, 3.05) is 11.9 Å². The summed E-state index contributed by atoms with van der Waals surface area (Å²) in [5.74, 6) is -0.329. The third-order valence-electron chi connectivity index (χ3n) is 1.80. The minimum atomic E-state index is -0.329. The van der Waals surface area contributed by atoms with Crippen molar-refractivity contribution in [3.05, 3.63) is 24.8 Å². The topological polar surface area (TPSA) is 64.3 Å². The fourth-order valence-electron chi connectivity index (χ4n) is 1.15. The van der Waals surface area contributed by atoms with Crippen LogP contribution >= 0.6 is 57.4 Å². The molecule has 1 rings (SSSR count). The quantitative estimate of drug-likeness (QED) is 0.400. The van der Waals surface area contributed by atoms with E-state index in [0.717, 1.165) is 12.8 Å². The highest BCUT2D eigenvalue weighted by Gasteiger charge is 2.13. The molecule has 0 aliphatic heterocycles. The first-order chi connectivity index (χ1) is 7.95. The van der Waals surface area contributed by atoms with Gasteiger partial charge in [0, 0.05) is 7.14 Å². The molecule has 0 aliphatic carbocycles. The minimum Gasteiger partial charge on any atom is -0.462 e. The fourth-order valence-corrected chi connectivity index (χ4v) is 3.29. The lowest BCUT2D eigenvalue weighted by Gasteiger charge is -2.11. The van der Waals surface area contributed by atoms with Crippen molar-refractivity contribution in [2.24, 2.45) is 5.73 Å². The molecule has 0 heterocycles. The first-order valence-corrected chi connectivity index (χ1v) is 7.25. The predicted molar refractivity (Wildman–Crippen MR) is 88.2 cm³/mol. The third kappa shape index (κ3) is 4.21. The number of carbonyl (C=O) groups is 1. The summed E-state index contributed by atoms with van der Waals surface area (Å²) in [4.78, 5) is 11.6. The Balaban J connectivity index is 3.09. The van der Waals surface area contributed by atoms with Gasteiger partial charge in [-0.25, -0.2) is 4.79 Å². The largest absolute Gasteiger partial charge is 0.462 e. The number of halogens is 2. The molecule has 0 aromatic heterocycles. The standard InChI is InChI=1S/C10H10I2N2O2S/c1-2-16-9(15)5-3-6(11)8(7(12)4-5)14-10(13)17/h3-4H,2H2,1H3,(H3,13,14,17). The van der Waals surface area contributed by atoms with Gasteiger partial charge in [-0.05, 0) is 76.5 Å². The Morgan fingerprint density at radius 1 is 1.47 bits per heavy atom. The summed E-state index contributed by atoms with van der Waals surface area (Å²) in [5, 5.41) is 3.08. The normalized spacial score (nSPS) is 9.82. The van der Waals surface area contributed by atoms with Crippen LogP contribution in [0.2, 0.25) is 0 Å². The van der Waals surface area contributed by atoms with Crippen LogP contribution in [0.5, 0.6) is 0 Å². The Bertz CT molecular complexity index is 443. The van der Waals surface area contributed by atoms with Gasteiger partial charge in [-0.1, -0.05) is 0 Å². The zero-order valence-corrected chi connectivity index (χ0v) is 14.1. The number of hydrogen-bond acceptors (Lipinski definition) is 3. The smallest absolute Gasteiger partial charge is 0.338 e. The average Bonchev–Trinajstić information content (AvgIpc) is 2.23. The van der Waals surface area contributed by atoms with Crippen molar-refractivity contribution in [3.63, 3.8) is 0 Å². The van der Waals surface area contributed by atoms with Crippen LogP contribution in [-0.4, -0.2) is 17.7 Å². The second kappa shape index (κ2) is 6.69. The van der Waals surface area contributed by atoms with E-state index in [1.165, 1.54) is 0 Å². The van der Waals surface area contributed by atoms with Gasteiger partial charge in [0.05, 0.1) is 17.9 Å². The maximum absolute atomic E-state index is 11.6. The summed E-state index contributed by atoms with van der Waals surface area (Å²) in [5.41, 5.74) is 6.76. The van der Waals surface area contributed by atoms with Crippen molar-refractivity contribution in [3.8, 4) is 0 Å².